The quantitative estimate of drug-likeness (QED) is 0.545. The molecule has 0 bridgehead atoms. The summed E-state index contributed by atoms with van der Waals surface area (Å²) >= 11 is 0. The zero-order valence-corrected chi connectivity index (χ0v) is 19.9. The van der Waals surface area contributed by atoms with E-state index in [1.807, 2.05) is 17.7 Å². The molecule has 1 atom stereocenters. The first-order valence-electron chi connectivity index (χ1n) is 11.8. The van der Waals surface area contributed by atoms with E-state index >= 15 is 0 Å². The number of aryl methyl sites for hydroxylation is 1. The van der Waals surface area contributed by atoms with Gasteiger partial charge in [-0.2, -0.15) is 28.4 Å². The van der Waals surface area contributed by atoms with Crippen LogP contribution in [0, 0.1) is 11.3 Å². The van der Waals surface area contributed by atoms with Gasteiger partial charge < -0.3 is 14.8 Å². The number of aromatic nitrogens is 5. The summed E-state index contributed by atoms with van der Waals surface area (Å²) in [5.41, 5.74) is 2.83. The van der Waals surface area contributed by atoms with Gasteiger partial charge >= 0.3 is 6.18 Å². The normalized spacial score (nSPS) is 19.6. The molecule has 2 saturated heterocycles. The number of piperazine rings is 1. The van der Waals surface area contributed by atoms with Crippen LogP contribution in [0.3, 0.4) is 0 Å². The van der Waals surface area contributed by atoms with E-state index in [0.29, 0.717) is 54.5 Å². The highest BCUT2D eigenvalue weighted by molar-refractivity contribution is 5.84. The number of nitrogens with zero attached hydrogens (tertiary/aromatic N) is 9. The van der Waals surface area contributed by atoms with Gasteiger partial charge in [-0.05, 0) is 18.1 Å². The lowest BCUT2D eigenvalue weighted by Crippen LogP contribution is -2.46. The molecule has 3 aromatic heterocycles. The zero-order valence-electron chi connectivity index (χ0n) is 19.9. The van der Waals surface area contributed by atoms with Crippen LogP contribution in [0.25, 0.3) is 11.2 Å². The van der Waals surface area contributed by atoms with Gasteiger partial charge in [-0.1, -0.05) is 0 Å². The Kier molecular flexibility index (Phi) is 6.63. The number of nitriles is 1. The van der Waals surface area contributed by atoms with E-state index in [1.54, 1.807) is 18.7 Å². The van der Waals surface area contributed by atoms with Gasteiger partial charge in [0, 0.05) is 71.3 Å². The maximum Gasteiger partial charge on any atom is 0.401 e. The van der Waals surface area contributed by atoms with Crippen molar-refractivity contribution >= 4 is 22.9 Å². The van der Waals surface area contributed by atoms with Crippen LogP contribution in [-0.2, 0) is 13.6 Å². The van der Waals surface area contributed by atoms with Crippen molar-refractivity contribution < 1.29 is 13.2 Å². The number of imidazole rings is 1. The van der Waals surface area contributed by atoms with Gasteiger partial charge in [-0.25, -0.2) is 4.98 Å². The fourth-order valence-electron chi connectivity index (χ4n) is 4.78. The summed E-state index contributed by atoms with van der Waals surface area (Å²) in [6, 6.07) is 3.83. The van der Waals surface area contributed by atoms with Gasteiger partial charge in [0.15, 0.2) is 17.0 Å². The maximum atomic E-state index is 12.8. The molecule has 0 radical (unpaired) electrons. The summed E-state index contributed by atoms with van der Waals surface area (Å²) in [5.74, 6) is 1.13. The van der Waals surface area contributed by atoms with Crippen LogP contribution in [0.1, 0.15) is 17.5 Å². The second kappa shape index (κ2) is 9.87. The molecule has 0 saturated carbocycles. The minimum absolute atomic E-state index is 0.144. The second-order valence-electron chi connectivity index (χ2n) is 9.34. The molecule has 0 spiro atoms. The summed E-state index contributed by atoms with van der Waals surface area (Å²) in [5, 5.41) is 12.4. The van der Waals surface area contributed by atoms with Crippen LogP contribution >= 0.6 is 0 Å². The monoisotopic (exact) mass is 500 g/mol. The first kappa shape index (κ1) is 24.2. The average molecular weight is 501 g/mol. The minimum Gasteiger partial charge on any atom is -0.364 e. The molecular formula is C23H27F3N10. The molecule has 2 fully saturated rings. The number of alkyl halides is 3. The standard InChI is InChI=1S/C23H27F3N10/c1-33-15-29-19-20(30-18-2-3-35(13-18)14-23(24,25)26)31-22(32-21(19)33)36-6-4-34(5-7-36)12-17-8-16(9-27)10-28-11-17/h8,10-11,15,18H,2-7,12-14H2,1H3,(H,30,31,32). The van der Waals surface area contributed by atoms with Crippen molar-refractivity contribution in [2.75, 3.05) is 56.0 Å². The van der Waals surface area contributed by atoms with Crippen molar-refractivity contribution in [3.63, 3.8) is 0 Å². The van der Waals surface area contributed by atoms with Crippen molar-refractivity contribution in [3.8, 4) is 6.07 Å². The lowest BCUT2D eigenvalue weighted by atomic mass is 10.2. The van der Waals surface area contributed by atoms with Crippen molar-refractivity contribution in [2.45, 2.75) is 25.2 Å². The van der Waals surface area contributed by atoms with Crippen LogP contribution in [0.5, 0.6) is 0 Å². The highest BCUT2D eigenvalue weighted by atomic mass is 19.4. The molecule has 2 aliphatic rings. The number of pyridine rings is 1. The Morgan fingerprint density at radius 3 is 2.67 bits per heavy atom. The zero-order chi connectivity index (χ0) is 25.3. The first-order valence-corrected chi connectivity index (χ1v) is 11.8. The molecule has 190 valence electrons. The third kappa shape index (κ3) is 5.50. The number of anilines is 2. The number of likely N-dealkylation sites (tertiary alicyclic amines) is 1. The van der Waals surface area contributed by atoms with Crippen LogP contribution < -0.4 is 10.2 Å². The molecule has 2 aliphatic heterocycles. The smallest absolute Gasteiger partial charge is 0.364 e. The Bertz CT molecular complexity index is 1260. The predicted molar refractivity (Wildman–Crippen MR) is 127 cm³/mol. The third-order valence-corrected chi connectivity index (χ3v) is 6.55. The van der Waals surface area contributed by atoms with Crippen molar-refractivity contribution in [2.24, 2.45) is 7.05 Å². The van der Waals surface area contributed by atoms with E-state index in [9.17, 15) is 13.2 Å². The van der Waals surface area contributed by atoms with Gasteiger partial charge in [-0.3, -0.25) is 14.8 Å². The van der Waals surface area contributed by atoms with Gasteiger partial charge in [0.05, 0.1) is 18.4 Å². The van der Waals surface area contributed by atoms with Gasteiger partial charge in [0.1, 0.15) is 6.07 Å². The fraction of sp³-hybridized carbons (Fsp3) is 0.522. The molecule has 3 aromatic rings. The largest absolute Gasteiger partial charge is 0.401 e. The van der Waals surface area contributed by atoms with Crippen molar-refractivity contribution in [3.05, 3.63) is 35.9 Å². The number of halogens is 3. The molecule has 5 heterocycles. The Hall–Kier alpha value is -3.50. The second-order valence-corrected chi connectivity index (χ2v) is 9.34. The molecule has 0 aromatic carbocycles. The molecule has 1 unspecified atom stereocenters. The summed E-state index contributed by atoms with van der Waals surface area (Å²) in [4.78, 5) is 23.9. The topological polar surface area (TPSA) is 102 Å². The highest BCUT2D eigenvalue weighted by Crippen LogP contribution is 2.26. The number of nitrogens with one attached hydrogen (secondary N) is 1. The van der Waals surface area contributed by atoms with Crippen molar-refractivity contribution in [1.82, 2.24) is 34.3 Å². The molecule has 1 N–H and O–H groups in total. The SMILES string of the molecule is Cn1cnc2c(NC3CCN(CC(F)(F)F)C3)nc(N3CCN(Cc4cncc(C#N)c4)CC3)nc21. The number of hydrogen-bond acceptors (Lipinski definition) is 9. The lowest BCUT2D eigenvalue weighted by Gasteiger charge is -2.34. The third-order valence-electron chi connectivity index (χ3n) is 6.55. The van der Waals surface area contributed by atoms with Crippen LogP contribution in [0.2, 0.25) is 0 Å². The van der Waals surface area contributed by atoms with Gasteiger partial charge in [-0.15, -0.1) is 0 Å². The minimum atomic E-state index is -4.21. The predicted octanol–water partition coefficient (Wildman–Crippen LogP) is 2.00. The van der Waals surface area contributed by atoms with E-state index in [2.05, 4.69) is 31.2 Å². The Morgan fingerprint density at radius 2 is 1.92 bits per heavy atom. The van der Waals surface area contributed by atoms with Crippen LogP contribution in [0.4, 0.5) is 24.9 Å². The molecule has 0 aliphatic carbocycles. The average Bonchev–Trinajstić information content (AvgIpc) is 3.44. The fourth-order valence-corrected chi connectivity index (χ4v) is 4.78. The molecule has 36 heavy (non-hydrogen) atoms. The molecule has 5 rings (SSSR count). The number of fused-ring (bicyclic) bond motifs is 1. The summed E-state index contributed by atoms with van der Waals surface area (Å²) in [6.07, 6.45) is 1.40. The number of rotatable bonds is 6. The summed E-state index contributed by atoms with van der Waals surface area (Å²) in [6.45, 7) is 3.51. The number of hydrogen-bond donors (Lipinski definition) is 1. The van der Waals surface area contributed by atoms with E-state index in [0.717, 1.165) is 31.7 Å². The molecular weight excluding hydrogens is 473 g/mol. The van der Waals surface area contributed by atoms with Gasteiger partial charge in [0.2, 0.25) is 5.95 Å². The Labute approximate surface area is 206 Å². The first-order chi connectivity index (χ1) is 17.3. The lowest BCUT2D eigenvalue weighted by molar-refractivity contribution is -0.143. The van der Waals surface area contributed by atoms with E-state index < -0.39 is 12.7 Å². The van der Waals surface area contributed by atoms with Crippen LogP contribution in [-0.4, -0.2) is 92.3 Å². The maximum absolute atomic E-state index is 12.8. The van der Waals surface area contributed by atoms with E-state index in [-0.39, 0.29) is 6.04 Å². The highest BCUT2D eigenvalue weighted by Gasteiger charge is 2.34. The molecule has 13 heteroatoms. The Morgan fingerprint density at radius 1 is 1.11 bits per heavy atom. The van der Waals surface area contributed by atoms with Gasteiger partial charge in [0.25, 0.3) is 0 Å². The van der Waals surface area contributed by atoms with Crippen molar-refractivity contribution in [1.29, 1.82) is 5.26 Å². The molecule has 10 nitrogen and oxygen atoms in total. The Balaban J connectivity index is 1.27. The van der Waals surface area contributed by atoms with Crippen LogP contribution in [0.15, 0.2) is 24.8 Å². The van der Waals surface area contributed by atoms with E-state index in [1.165, 1.54) is 4.90 Å². The summed E-state index contributed by atoms with van der Waals surface area (Å²) < 4.78 is 40.2. The molecule has 0 amide bonds. The van der Waals surface area contributed by atoms with E-state index in [4.69, 9.17) is 15.2 Å². The summed E-state index contributed by atoms with van der Waals surface area (Å²) in [7, 11) is 1.86.